The van der Waals surface area contributed by atoms with E-state index in [2.05, 4.69) is 10.6 Å². The molecule has 2 amide bonds. The lowest BCUT2D eigenvalue weighted by molar-refractivity contribution is -0.117. The molecule has 1 aromatic heterocycles. The number of amides is 2. The molecule has 1 heterocycles. The van der Waals surface area contributed by atoms with Crippen molar-refractivity contribution in [3.63, 3.8) is 0 Å². The number of hydrogen-bond donors (Lipinski definition) is 2. The fraction of sp³-hybridized carbons (Fsp3) is 0.267. The third kappa shape index (κ3) is 6.26. The molecule has 38 heavy (non-hydrogen) atoms. The summed E-state index contributed by atoms with van der Waals surface area (Å²) in [5.41, 5.74) is 4.11. The fourth-order valence-corrected chi connectivity index (χ4v) is 4.30. The van der Waals surface area contributed by atoms with Gasteiger partial charge >= 0.3 is 5.69 Å². The number of nitrogens with one attached hydrogen (secondary N) is 2. The highest BCUT2D eigenvalue weighted by Crippen LogP contribution is 2.15. The lowest BCUT2D eigenvalue weighted by Gasteiger charge is -2.14. The van der Waals surface area contributed by atoms with Crippen molar-refractivity contribution < 1.29 is 9.59 Å². The second kappa shape index (κ2) is 11.7. The summed E-state index contributed by atoms with van der Waals surface area (Å²) in [6.45, 7) is 5.85. The van der Waals surface area contributed by atoms with Crippen molar-refractivity contribution >= 4 is 34.1 Å². The van der Waals surface area contributed by atoms with Crippen LogP contribution in [0.25, 0.3) is 10.9 Å². The standard InChI is InChI=1S/C30H32N4O4/c1-20-11-14-23(15-12-20)31-27(35)10-6-7-17-33-29(37)25-8-4-5-9-26(25)34(30(33)38)19-28(36)32-24-16-13-21(2)22(3)18-24/h4-5,8-9,11-16,18H,6-7,10,17,19H2,1-3H3,(H,31,35)(H,32,36). The number of hydrogen-bond acceptors (Lipinski definition) is 4. The second-order valence-corrected chi connectivity index (χ2v) is 9.56. The first-order chi connectivity index (χ1) is 18.2. The van der Waals surface area contributed by atoms with E-state index in [1.54, 1.807) is 24.3 Å². The van der Waals surface area contributed by atoms with Gasteiger partial charge in [-0.25, -0.2) is 4.79 Å². The normalized spacial score (nSPS) is 10.9. The molecule has 0 aliphatic carbocycles. The predicted octanol–water partition coefficient (Wildman–Crippen LogP) is 4.54. The number of para-hydroxylation sites is 1. The van der Waals surface area contributed by atoms with Crippen LogP contribution >= 0.6 is 0 Å². The fourth-order valence-electron chi connectivity index (χ4n) is 4.30. The zero-order chi connectivity index (χ0) is 27.2. The summed E-state index contributed by atoms with van der Waals surface area (Å²) in [4.78, 5) is 51.6. The molecule has 0 spiro atoms. The minimum Gasteiger partial charge on any atom is -0.326 e. The van der Waals surface area contributed by atoms with E-state index in [-0.39, 0.29) is 31.3 Å². The van der Waals surface area contributed by atoms with Crippen LogP contribution < -0.4 is 21.9 Å². The van der Waals surface area contributed by atoms with Gasteiger partial charge in [0.25, 0.3) is 5.56 Å². The maximum absolute atomic E-state index is 13.4. The van der Waals surface area contributed by atoms with E-state index in [0.29, 0.717) is 29.4 Å². The molecule has 0 atom stereocenters. The Morgan fingerprint density at radius 3 is 2.16 bits per heavy atom. The number of fused-ring (bicyclic) bond motifs is 1. The topological polar surface area (TPSA) is 102 Å². The Morgan fingerprint density at radius 2 is 1.42 bits per heavy atom. The average molecular weight is 513 g/mol. The Hall–Kier alpha value is -4.46. The molecule has 0 aliphatic rings. The van der Waals surface area contributed by atoms with Crippen LogP contribution in [0.3, 0.4) is 0 Å². The zero-order valence-corrected chi connectivity index (χ0v) is 21.9. The quantitative estimate of drug-likeness (QED) is 0.322. The molecule has 4 aromatic rings. The van der Waals surface area contributed by atoms with Gasteiger partial charge in [-0.3, -0.25) is 23.5 Å². The van der Waals surface area contributed by atoms with Crippen molar-refractivity contribution in [3.8, 4) is 0 Å². The Kier molecular flexibility index (Phi) is 8.21. The van der Waals surface area contributed by atoms with E-state index in [1.165, 1.54) is 4.57 Å². The van der Waals surface area contributed by atoms with Crippen LogP contribution in [0, 0.1) is 20.8 Å². The maximum atomic E-state index is 13.4. The molecule has 8 nitrogen and oxygen atoms in total. The van der Waals surface area contributed by atoms with E-state index in [4.69, 9.17) is 0 Å². The Balaban J connectivity index is 1.47. The van der Waals surface area contributed by atoms with Crippen LogP contribution in [0.1, 0.15) is 36.0 Å². The highest BCUT2D eigenvalue weighted by atomic mass is 16.2. The molecule has 0 aliphatic heterocycles. The van der Waals surface area contributed by atoms with Crippen LogP contribution in [0.4, 0.5) is 11.4 Å². The van der Waals surface area contributed by atoms with Crippen molar-refractivity contribution in [3.05, 3.63) is 104 Å². The number of benzene rings is 3. The Bertz CT molecular complexity index is 1600. The van der Waals surface area contributed by atoms with Crippen molar-refractivity contribution in [2.75, 3.05) is 10.6 Å². The molecule has 0 unspecified atom stereocenters. The number of aryl methyl sites for hydroxylation is 3. The zero-order valence-electron chi connectivity index (χ0n) is 21.9. The van der Waals surface area contributed by atoms with Crippen LogP contribution in [-0.4, -0.2) is 20.9 Å². The molecular formula is C30H32N4O4. The summed E-state index contributed by atoms with van der Waals surface area (Å²) in [6.07, 6.45) is 1.23. The lowest BCUT2D eigenvalue weighted by Crippen LogP contribution is -2.41. The van der Waals surface area contributed by atoms with E-state index in [9.17, 15) is 19.2 Å². The highest BCUT2D eigenvalue weighted by Gasteiger charge is 2.16. The minimum atomic E-state index is -0.548. The van der Waals surface area contributed by atoms with E-state index in [0.717, 1.165) is 26.9 Å². The molecule has 3 aromatic carbocycles. The molecule has 0 radical (unpaired) electrons. The molecule has 0 bridgehead atoms. The second-order valence-electron chi connectivity index (χ2n) is 9.56. The van der Waals surface area contributed by atoms with Crippen LogP contribution in [-0.2, 0) is 22.7 Å². The smallest absolute Gasteiger partial charge is 0.326 e. The van der Waals surface area contributed by atoms with Crippen LogP contribution in [0.2, 0.25) is 0 Å². The van der Waals surface area contributed by atoms with Gasteiger partial charge < -0.3 is 10.6 Å². The van der Waals surface area contributed by atoms with Gasteiger partial charge in [0.2, 0.25) is 11.8 Å². The van der Waals surface area contributed by atoms with E-state index in [1.807, 2.05) is 63.2 Å². The summed E-state index contributed by atoms with van der Waals surface area (Å²) in [5.74, 6) is -0.487. The summed E-state index contributed by atoms with van der Waals surface area (Å²) in [6, 6.07) is 19.9. The van der Waals surface area contributed by atoms with Crippen molar-refractivity contribution in [1.29, 1.82) is 0 Å². The molecule has 8 heteroatoms. The van der Waals surface area contributed by atoms with E-state index >= 15 is 0 Å². The highest BCUT2D eigenvalue weighted by molar-refractivity contribution is 5.92. The van der Waals surface area contributed by atoms with Crippen molar-refractivity contribution in [2.24, 2.45) is 0 Å². The molecule has 4 rings (SSSR count). The van der Waals surface area contributed by atoms with Gasteiger partial charge in [0.15, 0.2) is 0 Å². The van der Waals surface area contributed by atoms with Gasteiger partial charge in [-0.05, 0) is 81.1 Å². The number of carbonyl (C=O) groups is 2. The van der Waals surface area contributed by atoms with Gasteiger partial charge in [0.05, 0.1) is 10.9 Å². The monoisotopic (exact) mass is 512 g/mol. The van der Waals surface area contributed by atoms with Gasteiger partial charge in [0, 0.05) is 24.3 Å². The minimum absolute atomic E-state index is 0.125. The first-order valence-electron chi connectivity index (χ1n) is 12.7. The van der Waals surface area contributed by atoms with Gasteiger partial charge in [-0.1, -0.05) is 35.9 Å². The number of aromatic nitrogens is 2. The van der Waals surface area contributed by atoms with Crippen LogP contribution in [0.5, 0.6) is 0 Å². The van der Waals surface area contributed by atoms with Gasteiger partial charge in [-0.2, -0.15) is 0 Å². The van der Waals surface area contributed by atoms with Crippen molar-refractivity contribution in [1.82, 2.24) is 9.13 Å². The number of nitrogens with zero attached hydrogens (tertiary/aromatic N) is 2. The molecule has 0 fully saturated rings. The molecular weight excluding hydrogens is 480 g/mol. The van der Waals surface area contributed by atoms with Gasteiger partial charge in [-0.15, -0.1) is 0 Å². The molecule has 0 saturated carbocycles. The van der Waals surface area contributed by atoms with E-state index < -0.39 is 11.2 Å². The maximum Gasteiger partial charge on any atom is 0.331 e. The molecule has 2 N–H and O–H groups in total. The SMILES string of the molecule is Cc1ccc(NC(=O)CCCCn2c(=O)c3ccccc3n(CC(=O)Nc3ccc(C)c(C)c3)c2=O)cc1. The van der Waals surface area contributed by atoms with Crippen molar-refractivity contribution in [2.45, 2.75) is 53.1 Å². The lowest BCUT2D eigenvalue weighted by atomic mass is 10.1. The summed E-state index contributed by atoms with van der Waals surface area (Å²) in [7, 11) is 0. The summed E-state index contributed by atoms with van der Waals surface area (Å²) < 4.78 is 2.49. The number of rotatable bonds is 9. The number of anilines is 2. The first kappa shape index (κ1) is 26.6. The third-order valence-corrected chi connectivity index (χ3v) is 6.60. The number of unbranched alkanes of at least 4 members (excludes halogenated alkanes) is 1. The number of carbonyl (C=O) groups excluding carboxylic acids is 2. The molecule has 196 valence electrons. The Labute approximate surface area is 220 Å². The largest absolute Gasteiger partial charge is 0.331 e. The molecule has 0 saturated heterocycles. The third-order valence-electron chi connectivity index (χ3n) is 6.60. The Morgan fingerprint density at radius 1 is 0.737 bits per heavy atom. The van der Waals surface area contributed by atoms with Gasteiger partial charge in [0.1, 0.15) is 6.54 Å². The average Bonchev–Trinajstić information content (AvgIpc) is 2.89. The first-order valence-corrected chi connectivity index (χ1v) is 12.7. The summed E-state index contributed by atoms with van der Waals surface area (Å²) in [5, 5.41) is 6.06. The summed E-state index contributed by atoms with van der Waals surface area (Å²) >= 11 is 0. The predicted molar refractivity (Wildman–Crippen MR) is 151 cm³/mol. The van der Waals surface area contributed by atoms with Crippen LogP contribution in [0.15, 0.2) is 76.3 Å².